The van der Waals surface area contributed by atoms with Gasteiger partial charge >= 0.3 is 0 Å². The summed E-state index contributed by atoms with van der Waals surface area (Å²) in [4.78, 5) is 17.3. The molecule has 1 aromatic rings. The molecule has 1 atom stereocenters. The summed E-state index contributed by atoms with van der Waals surface area (Å²) in [5.41, 5.74) is 0.820. The van der Waals surface area contributed by atoms with Crippen LogP contribution in [-0.4, -0.2) is 61.1 Å². The zero-order valence-electron chi connectivity index (χ0n) is 13.7. The van der Waals surface area contributed by atoms with Crippen LogP contribution in [0.25, 0.3) is 0 Å². The van der Waals surface area contributed by atoms with Gasteiger partial charge in [-0.1, -0.05) is 18.2 Å². The van der Waals surface area contributed by atoms with E-state index in [1.807, 2.05) is 30.3 Å². The van der Waals surface area contributed by atoms with Gasteiger partial charge in [-0.2, -0.15) is 0 Å². The van der Waals surface area contributed by atoms with Crippen molar-refractivity contribution in [1.82, 2.24) is 9.80 Å². The fraction of sp³-hybridized carbons (Fsp3) is 0.611. The van der Waals surface area contributed by atoms with E-state index in [4.69, 9.17) is 4.74 Å². The number of nitrogens with zero attached hydrogens (tertiary/aromatic N) is 2. The normalized spacial score (nSPS) is 22.4. The maximum Gasteiger partial charge on any atom is 0.254 e. The van der Waals surface area contributed by atoms with Crippen molar-refractivity contribution in [3.8, 4) is 0 Å². The number of piperidine rings is 1. The highest BCUT2D eigenvalue weighted by Crippen LogP contribution is 2.22. The smallest absolute Gasteiger partial charge is 0.254 e. The Morgan fingerprint density at radius 3 is 2.57 bits per heavy atom. The highest BCUT2D eigenvalue weighted by Gasteiger charge is 2.27. The first-order valence-corrected chi connectivity index (χ1v) is 8.51. The van der Waals surface area contributed by atoms with E-state index in [1.54, 1.807) is 0 Å². The number of carbonyl (C=O) groups is 1. The van der Waals surface area contributed by atoms with Gasteiger partial charge in [0.2, 0.25) is 0 Å². The molecule has 0 spiro atoms. The van der Waals surface area contributed by atoms with Crippen molar-refractivity contribution >= 4 is 18.3 Å². The minimum atomic E-state index is 0. The molecule has 2 aliphatic rings. The summed E-state index contributed by atoms with van der Waals surface area (Å²) in [5.74, 6) is 0.201. The summed E-state index contributed by atoms with van der Waals surface area (Å²) in [5, 5.41) is 0. The summed E-state index contributed by atoms with van der Waals surface area (Å²) in [6, 6.07) is 10.1. The molecule has 1 amide bonds. The van der Waals surface area contributed by atoms with Crippen molar-refractivity contribution in [2.75, 3.05) is 39.4 Å². The number of ether oxygens (including phenoxy) is 1. The van der Waals surface area contributed by atoms with Crippen LogP contribution in [0.15, 0.2) is 30.3 Å². The number of likely N-dealkylation sites (tertiary alicyclic amines) is 1. The lowest BCUT2D eigenvalue weighted by atomic mass is 9.98. The van der Waals surface area contributed by atoms with Crippen LogP contribution < -0.4 is 0 Å². The van der Waals surface area contributed by atoms with Crippen LogP contribution in [0.4, 0.5) is 0 Å². The van der Waals surface area contributed by atoms with E-state index >= 15 is 0 Å². The van der Waals surface area contributed by atoms with Gasteiger partial charge in [0.1, 0.15) is 0 Å². The zero-order chi connectivity index (χ0) is 15.2. The Labute approximate surface area is 145 Å². The minimum absolute atomic E-state index is 0. The molecule has 1 aromatic carbocycles. The molecule has 23 heavy (non-hydrogen) atoms. The van der Waals surface area contributed by atoms with E-state index in [9.17, 15) is 4.79 Å². The molecular weight excluding hydrogens is 312 g/mol. The van der Waals surface area contributed by atoms with Crippen molar-refractivity contribution in [1.29, 1.82) is 0 Å². The summed E-state index contributed by atoms with van der Waals surface area (Å²) < 4.78 is 5.40. The second-order valence-electron chi connectivity index (χ2n) is 6.26. The Bertz CT molecular complexity index is 477. The second kappa shape index (κ2) is 9.26. The molecule has 0 bridgehead atoms. The van der Waals surface area contributed by atoms with Gasteiger partial charge < -0.3 is 9.64 Å². The average molecular weight is 339 g/mol. The predicted octanol–water partition coefficient (Wildman–Crippen LogP) is 2.83. The van der Waals surface area contributed by atoms with Gasteiger partial charge in [0.15, 0.2) is 0 Å². The maximum absolute atomic E-state index is 12.8. The number of hydrogen-bond acceptors (Lipinski definition) is 3. The lowest BCUT2D eigenvalue weighted by Gasteiger charge is -2.37. The predicted molar refractivity (Wildman–Crippen MR) is 94.2 cm³/mol. The van der Waals surface area contributed by atoms with Crippen LogP contribution in [0.1, 0.15) is 36.0 Å². The van der Waals surface area contributed by atoms with Crippen molar-refractivity contribution < 1.29 is 9.53 Å². The first-order valence-electron chi connectivity index (χ1n) is 8.51. The number of rotatable bonds is 4. The number of hydrogen-bond donors (Lipinski definition) is 0. The van der Waals surface area contributed by atoms with Gasteiger partial charge in [-0.3, -0.25) is 9.69 Å². The average Bonchev–Trinajstić information content (AvgIpc) is 2.61. The van der Waals surface area contributed by atoms with E-state index < -0.39 is 0 Å². The molecule has 0 radical (unpaired) electrons. The first kappa shape index (κ1) is 18.2. The van der Waals surface area contributed by atoms with Crippen LogP contribution in [0, 0.1) is 0 Å². The first-order chi connectivity index (χ1) is 10.8. The maximum atomic E-state index is 12.8. The fourth-order valence-electron chi connectivity index (χ4n) is 3.47. The van der Waals surface area contributed by atoms with Crippen molar-refractivity contribution in [3.63, 3.8) is 0 Å². The van der Waals surface area contributed by atoms with Crippen molar-refractivity contribution in [3.05, 3.63) is 35.9 Å². The largest absolute Gasteiger partial charge is 0.379 e. The van der Waals surface area contributed by atoms with E-state index in [1.165, 1.54) is 6.42 Å². The second-order valence-corrected chi connectivity index (χ2v) is 6.26. The van der Waals surface area contributed by atoms with Crippen LogP contribution in [0.2, 0.25) is 0 Å². The monoisotopic (exact) mass is 338 g/mol. The summed E-state index contributed by atoms with van der Waals surface area (Å²) in [6.45, 7) is 5.72. The molecule has 1 unspecified atom stereocenters. The van der Waals surface area contributed by atoms with Crippen LogP contribution in [0.3, 0.4) is 0 Å². The molecule has 2 fully saturated rings. The summed E-state index contributed by atoms with van der Waals surface area (Å²) in [7, 11) is 0. The molecule has 2 aliphatic heterocycles. The zero-order valence-corrected chi connectivity index (χ0v) is 14.5. The Balaban J connectivity index is 0.00000192. The number of amides is 1. The standard InChI is InChI=1S/C18H26N2O2.ClH/c21-18(16-6-2-1-3-7-16)20-10-5-4-8-17(20)9-11-19-12-14-22-15-13-19;/h1-3,6-7,17H,4-5,8-15H2;1H. The van der Waals surface area contributed by atoms with Gasteiger partial charge in [0.05, 0.1) is 13.2 Å². The molecule has 4 nitrogen and oxygen atoms in total. The van der Waals surface area contributed by atoms with Gasteiger partial charge in [-0.15, -0.1) is 12.4 Å². The van der Waals surface area contributed by atoms with Crippen LogP contribution >= 0.6 is 12.4 Å². The van der Waals surface area contributed by atoms with Gasteiger partial charge in [0.25, 0.3) is 5.91 Å². The third kappa shape index (κ3) is 4.93. The van der Waals surface area contributed by atoms with Gasteiger partial charge in [0, 0.05) is 37.8 Å². The van der Waals surface area contributed by atoms with Crippen LogP contribution in [0.5, 0.6) is 0 Å². The fourth-order valence-corrected chi connectivity index (χ4v) is 3.47. The Morgan fingerprint density at radius 1 is 1.09 bits per heavy atom. The highest BCUT2D eigenvalue weighted by molar-refractivity contribution is 5.94. The van der Waals surface area contributed by atoms with E-state index in [-0.39, 0.29) is 18.3 Å². The van der Waals surface area contributed by atoms with E-state index in [0.717, 1.165) is 64.2 Å². The molecule has 128 valence electrons. The molecule has 3 rings (SSSR count). The molecule has 5 heteroatoms. The molecule has 0 N–H and O–H groups in total. The van der Waals surface area contributed by atoms with Crippen molar-refractivity contribution in [2.24, 2.45) is 0 Å². The number of benzene rings is 1. The Kier molecular flexibility index (Phi) is 7.34. The quantitative estimate of drug-likeness (QED) is 0.846. The number of morpholine rings is 1. The van der Waals surface area contributed by atoms with Crippen molar-refractivity contribution in [2.45, 2.75) is 31.7 Å². The SMILES string of the molecule is Cl.O=C(c1ccccc1)N1CCCCC1CCN1CCOCC1. The van der Waals surface area contributed by atoms with Crippen LogP contribution in [-0.2, 0) is 4.74 Å². The molecule has 2 heterocycles. The van der Waals surface area contributed by atoms with Gasteiger partial charge in [-0.25, -0.2) is 0 Å². The molecule has 0 saturated carbocycles. The van der Waals surface area contributed by atoms with Gasteiger partial charge in [-0.05, 0) is 37.8 Å². The molecule has 2 saturated heterocycles. The summed E-state index contributed by atoms with van der Waals surface area (Å²) in [6.07, 6.45) is 4.60. The Hall–Kier alpha value is -1.10. The van der Waals surface area contributed by atoms with E-state index in [2.05, 4.69) is 9.80 Å². The third-order valence-corrected chi connectivity index (χ3v) is 4.79. The minimum Gasteiger partial charge on any atom is -0.379 e. The highest BCUT2D eigenvalue weighted by atomic mass is 35.5. The molecular formula is C18H27ClN2O2. The Morgan fingerprint density at radius 2 is 1.83 bits per heavy atom. The topological polar surface area (TPSA) is 32.8 Å². The lowest BCUT2D eigenvalue weighted by Crippen LogP contribution is -2.46. The lowest BCUT2D eigenvalue weighted by molar-refractivity contribution is 0.0296. The number of carbonyl (C=O) groups excluding carboxylic acids is 1. The molecule has 0 aromatic heterocycles. The summed E-state index contributed by atoms with van der Waals surface area (Å²) >= 11 is 0. The number of halogens is 1. The third-order valence-electron chi connectivity index (χ3n) is 4.79. The van der Waals surface area contributed by atoms with E-state index in [0.29, 0.717) is 6.04 Å². The molecule has 0 aliphatic carbocycles.